The molecule has 0 heterocycles. The third-order valence-electron chi connectivity index (χ3n) is 19.5. The molecule has 0 amide bonds. The molecule has 0 fully saturated rings. The summed E-state index contributed by atoms with van der Waals surface area (Å²) >= 11 is 0. The van der Waals surface area contributed by atoms with Crippen molar-refractivity contribution in [2.45, 2.75) is 464 Å². The molecule has 0 saturated carbocycles. The van der Waals surface area contributed by atoms with Gasteiger partial charge in [-0.25, -0.2) is 9.13 Å². The molecule has 19 heteroatoms. The van der Waals surface area contributed by atoms with Crippen LogP contribution in [0.1, 0.15) is 446 Å². The van der Waals surface area contributed by atoms with E-state index in [1.807, 2.05) is 0 Å². The summed E-state index contributed by atoms with van der Waals surface area (Å²) in [7, 11) is -9.92. The molecule has 0 spiro atoms. The minimum absolute atomic E-state index is 0.107. The number of ether oxygens (including phenoxy) is 4. The number of phosphoric ester groups is 2. The maximum atomic E-state index is 13.1. The summed E-state index contributed by atoms with van der Waals surface area (Å²) in [5, 5.41) is 10.6. The van der Waals surface area contributed by atoms with Crippen LogP contribution in [0.3, 0.4) is 0 Å². The van der Waals surface area contributed by atoms with Crippen LogP contribution in [-0.4, -0.2) is 96.7 Å². The number of phosphoric acid groups is 2. The predicted molar refractivity (Wildman–Crippen MR) is 418 cm³/mol. The van der Waals surface area contributed by atoms with Gasteiger partial charge in [0.2, 0.25) is 0 Å². The molecule has 0 bridgehead atoms. The summed E-state index contributed by atoms with van der Waals surface area (Å²) in [6, 6.07) is 0. The van der Waals surface area contributed by atoms with Gasteiger partial charge in [-0.1, -0.05) is 394 Å². The van der Waals surface area contributed by atoms with Crippen LogP contribution in [0.5, 0.6) is 0 Å². The fraction of sp³-hybridized carbons (Fsp3) is 0.952. The highest BCUT2D eigenvalue weighted by molar-refractivity contribution is 7.47. The lowest BCUT2D eigenvalue weighted by atomic mass is 10.0. The van der Waals surface area contributed by atoms with Crippen LogP contribution in [0.25, 0.3) is 0 Å². The Hall–Kier alpha value is -1.94. The van der Waals surface area contributed by atoms with Crippen molar-refractivity contribution in [3.8, 4) is 0 Å². The number of hydrogen-bond donors (Lipinski definition) is 3. The molecule has 0 aliphatic carbocycles. The van der Waals surface area contributed by atoms with Crippen molar-refractivity contribution in [1.29, 1.82) is 0 Å². The molecular formula is C83H162O17P2. The van der Waals surface area contributed by atoms with E-state index in [1.54, 1.807) is 0 Å². The first-order valence-corrected chi connectivity index (χ1v) is 46.1. The molecular weight excluding hydrogens is 1330 g/mol. The zero-order valence-electron chi connectivity index (χ0n) is 66.8. The highest BCUT2D eigenvalue weighted by atomic mass is 31.2. The molecule has 5 atom stereocenters. The lowest BCUT2D eigenvalue weighted by molar-refractivity contribution is -0.161. The zero-order chi connectivity index (χ0) is 74.8. The van der Waals surface area contributed by atoms with Gasteiger partial charge in [-0.05, 0) is 31.6 Å². The molecule has 2 unspecified atom stereocenters. The van der Waals surface area contributed by atoms with E-state index in [0.29, 0.717) is 25.7 Å². The Balaban J connectivity index is 5.16. The quantitative estimate of drug-likeness (QED) is 0.0222. The number of aliphatic hydroxyl groups excluding tert-OH is 1. The van der Waals surface area contributed by atoms with Crippen molar-refractivity contribution in [2.75, 3.05) is 39.6 Å². The van der Waals surface area contributed by atoms with E-state index < -0.39 is 97.5 Å². The first-order valence-electron chi connectivity index (χ1n) is 43.1. The SMILES string of the molecule is CCCCCCCCCCCCCCCCCCCCCCCCC(=O)O[C@H](COC(=O)CCCCCCCCCCCCCCCCCCCC)COP(=O)(O)OC[C@@H](O)COP(=O)(O)OC[C@@H](COC(=O)CCCCCCCCC)OC(=O)CCCCCCCCCCCCCCC(C)C. The molecule has 0 aromatic heterocycles. The molecule has 102 heavy (non-hydrogen) atoms. The molecule has 17 nitrogen and oxygen atoms in total. The fourth-order valence-corrected chi connectivity index (χ4v) is 14.5. The predicted octanol–water partition coefficient (Wildman–Crippen LogP) is 25.2. The number of hydrogen-bond acceptors (Lipinski definition) is 15. The Morgan fingerprint density at radius 3 is 0.667 bits per heavy atom. The lowest BCUT2D eigenvalue weighted by Crippen LogP contribution is -2.30. The molecule has 0 aromatic rings. The Labute approximate surface area is 626 Å². The maximum absolute atomic E-state index is 13.1. The van der Waals surface area contributed by atoms with E-state index in [9.17, 15) is 43.2 Å². The standard InChI is InChI=1S/C83H162O17P2/c1-6-9-12-15-18-20-22-24-26-28-30-31-32-33-35-37-39-44-48-53-58-63-68-83(88)100-79(73-94-81(86)67-62-57-52-47-43-38-36-34-29-27-25-23-21-19-16-13-10-7-2)75-98-102(91,92)96-71-77(84)70-95-101(89,90)97-74-78(72-93-80(85)66-61-56-50-17-14-11-8-3)99-82(87)69-64-59-54-49-45-41-40-42-46-51-55-60-65-76(4)5/h76-79,84H,6-75H2,1-5H3,(H,89,90)(H,91,92)/t77-,78+,79+/m0/s1. The Bertz CT molecular complexity index is 1940. The summed E-state index contributed by atoms with van der Waals surface area (Å²) in [4.78, 5) is 72.9. The molecule has 0 aliphatic heterocycles. The van der Waals surface area contributed by atoms with Crippen molar-refractivity contribution in [2.24, 2.45) is 5.92 Å². The topological polar surface area (TPSA) is 237 Å². The average Bonchev–Trinajstić information content (AvgIpc) is 0.950. The Kier molecular flexibility index (Phi) is 74.4. The molecule has 0 saturated heterocycles. The minimum Gasteiger partial charge on any atom is -0.462 e. The van der Waals surface area contributed by atoms with Crippen LogP contribution < -0.4 is 0 Å². The summed E-state index contributed by atoms with van der Waals surface area (Å²) in [6.07, 6.45) is 68.3. The van der Waals surface area contributed by atoms with Gasteiger partial charge >= 0.3 is 39.5 Å². The average molecular weight is 1490 g/mol. The van der Waals surface area contributed by atoms with E-state index >= 15 is 0 Å². The van der Waals surface area contributed by atoms with Gasteiger partial charge in [-0.2, -0.15) is 0 Å². The van der Waals surface area contributed by atoms with Crippen LogP contribution >= 0.6 is 15.6 Å². The molecule has 0 radical (unpaired) electrons. The number of carbonyl (C=O) groups excluding carboxylic acids is 4. The summed E-state index contributed by atoms with van der Waals surface area (Å²) in [5.41, 5.74) is 0. The highest BCUT2D eigenvalue weighted by Gasteiger charge is 2.30. The second kappa shape index (κ2) is 75.9. The van der Waals surface area contributed by atoms with Crippen molar-refractivity contribution >= 4 is 39.5 Å². The van der Waals surface area contributed by atoms with E-state index in [-0.39, 0.29) is 25.7 Å². The number of unbranched alkanes of at least 4 members (excludes halogenated alkanes) is 55. The van der Waals surface area contributed by atoms with Gasteiger partial charge in [0, 0.05) is 25.7 Å². The van der Waals surface area contributed by atoms with Crippen LogP contribution in [0, 0.1) is 5.92 Å². The Morgan fingerprint density at radius 1 is 0.265 bits per heavy atom. The fourth-order valence-electron chi connectivity index (χ4n) is 12.9. The van der Waals surface area contributed by atoms with Crippen LogP contribution in [0.15, 0.2) is 0 Å². The first-order chi connectivity index (χ1) is 49.5. The van der Waals surface area contributed by atoms with Crippen LogP contribution in [0.2, 0.25) is 0 Å². The smallest absolute Gasteiger partial charge is 0.462 e. The van der Waals surface area contributed by atoms with Gasteiger partial charge in [-0.15, -0.1) is 0 Å². The van der Waals surface area contributed by atoms with E-state index in [4.69, 9.17) is 37.0 Å². The maximum Gasteiger partial charge on any atom is 0.472 e. The number of carbonyl (C=O) groups is 4. The normalized spacial score (nSPS) is 13.8. The number of aliphatic hydroxyl groups is 1. The van der Waals surface area contributed by atoms with Gasteiger partial charge in [-0.3, -0.25) is 37.3 Å². The lowest BCUT2D eigenvalue weighted by Gasteiger charge is -2.21. The van der Waals surface area contributed by atoms with Crippen molar-refractivity contribution in [1.82, 2.24) is 0 Å². The number of esters is 4. The summed E-state index contributed by atoms with van der Waals surface area (Å²) < 4.78 is 68.7. The van der Waals surface area contributed by atoms with Crippen molar-refractivity contribution in [3.05, 3.63) is 0 Å². The summed E-state index contributed by atoms with van der Waals surface area (Å²) in [6.45, 7) is 7.30. The molecule has 0 aliphatic rings. The molecule has 606 valence electrons. The third kappa shape index (κ3) is 76.3. The van der Waals surface area contributed by atoms with Crippen molar-refractivity contribution in [3.63, 3.8) is 0 Å². The van der Waals surface area contributed by atoms with E-state index in [1.165, 1.54) is 257 Å². The second-order valence-electron chi connectivity index (χ2n) is 30.3. The molecule has 0 rings (SSSR count). The van der Waals surface area contributed by atoms with E-state index in [2.05, 4.69) is 34.6 Å². The van der Waals surface area contributed by atoms with Gasteiger partial charge in [0.1, 0.15) is 19.3 Å². The van der Waals surface area contributed by atoms with Gasteiger partial charge in [0.05, 0.1) is 26.4 Å². The van der Waals surface area contributed by atoms with E-state index in [0.717, 1.165) is 109 Å². The van der Waals surface area contributed by atoms with Gasteiger partial charge in [0.25, 0.3) is 0 Å². The first kappa shape index (κ1) is 100. The monoisotopic (exact) mass is 1490 g/mol. The number of rotatable bonds is 83. The zero-order valence-corrected chi connectivity index (χ0v) is 68.5. The molecule has 3 N–H and O–H groups in total. The molecule has 0 aromatic carbocycles. The van der Waals surface area contributed by atoms with Gasteiger partial charge < -0.3 is 33.8 Å². The van der Waals surface area contributed by atoms with Gasteiger partial charge in [0.15, 0.2) is 12.2 Å². The minimum atomic E-state index is -4.96. The van der Waals surface area contributed by atoms with Crippen LogP contribution in [-0.2, 0) is 65.4 Å². The van der Waals surface area contributed by atoms with Crippen LogP contribution in [0.4, 0.5) is 0 Å². The Morgan fingerprint density at radius 2 is 0.451 bits per heavy atom. The van der Waals surface area contributed by atoms with Crippen molar-refractivity contribution < 1.29 is 80.2 Å². The summed E-state index contributed by atoms with van der Waals surface area (Å²) in [5.74, 6) is -1.33. The highest BCUT2D eigenvalue weighted by Crippen LogP contribution is 2.45. The largest absolute Gasteiger partial charge is 0.472 e. The third-order valence-corrected chi connectivity index (χ3v) is 21.4. The second-order valence-corrected chi connectivity index (χ2v) is 33.3.